The Kier molecular flexibility index (Phi) is 3.28. The maximum absolute atomic E-state index is 6.03. The van der Waals surface area contributed by atoms with Crippen molar-refractivity contribution in [1.82, 2.24) is 0 Å². The Balaban J connectivity index is 2.44. The van der Waals surface area contributed by atoms with Crippen molar-refractivity contribution in [3.63, 3.8) is 0 Å². The molecule has 0 spiro atoms. The molecule has 1 nitrogen and oxygen atoms in total. The number of nitrogens with two attached hydrogens (primary N) is 1. The molecule has 0 bridgehead atoms. The van der Waals surface area contributed by atoms with E-state index in [-0.39, 0.29) is 0 Å². The van der Waals surface area contributed by atoms with E-state index >= 15 is 0 Å². The Hall–Kier alpha value is -1.31. The molecule has 2 rings (SSSR count). The first-order valence-corrected chi connectivity index (χ1v) is 5.64. The van der Waals surface area contributed by atoms with Crippen molar-refractivity contribution in [2.24, 2.45) is 5.73 Å². The van der Waals surface area contributed by atoms with Gasteiger partial charge in [-0.25, -0.2) is 0 Å². The Bertz CT molecular complexity index is 489. The van der Waals surface area contributed by atoms with Crippen molar-refractivity contribution < 1.29 is 0 Å². The second kappa shape index (κ2) is 4.69. The highest BCUT2D eigenvalue weighted by molar-refractivity contribution is 6.31. The van der Waals surface area contributed by atoms with Crippen LogP contribution < -0.4 is 5.73 Å². The molecule has 0 fully saturated rings. The Morgan fingerprint density at radius 1 is 1.00 bits per heavy atom. The highest BCUT2D eigenvalue weighted by atomic mass is 35.5. The molecule has 2 aromatic carbocycles. The molecule has 0 aliphatic heterocycles. The molecule has 0 aromatic heterocycles. The lowest BCUT2D eigenvalue weighted by molar-refractivity contribution is 1.07. The fraction of sp³-hybridized carbons (Fsp3) is 0.143. The largest absolute Gasteiger partial charge is 0.326 e. The highest BCUT2D eigenvalue weighted by Gasteiger charge is 2.02. The number of hydrogen-bond donors (Lipinski definition) is 1. The van der Waals surface area contributed by atoms with E-state index in [9.17, 15) is 0 Å². The molecule has 0 heterocycles. The topological polar surface area (TPSA) is 26.0 Å². The SMILES string of the molecule is Cc1ccc(-c2ccc(Cl)c(CN)c2)cc1. The van der Waals surface area contributed by atoms with Crippen LogP contribution in [0.25, 0.3) is 11.1 Å². The summed E-state index contributed by atoms with van der Waals surface area (Å²) in [5.41, 5.74) is 10.2. The molecule has 0 aliphatic rings. The van der Waals surface area contributed by atoms with E-state index in [2.05, 4.69) is 31.2 Å². The maximum Gasteiger partial charge on any atom is 0.0451 e. The van der Waals surface area contributed by atoms with Gasteiger partial charge in [-0.05, 0) is 35.7 Å². The predicted octanol–water partition coefficient (Wildman–Crippen LogP) is 3.77. The van der Waals surface area contributed by atoms with Gasteiger partial charge in [-0.15, -0.1) is 0 Å². The average molecular weight is 232 g/mol. The second-order valence-electron chi connectivity index (χ2n) is 3.88. The van der Waals surface area contributed by atoms with Crippen LogP contribution in [0.15, 0.2) is 42.5 Å². The number of hydrogen-bond acceptors (Lipinski definition) is 1. The van der Waals surface area contributed by atoms with Crippen molar-refractivity contribution in [3.05, 3.63) is 58.6 Å². The Morgan fingerprint density at radius 3 is 2.25 bits per heavy atom. The zero-order valence-corrected chi connectivity index (χ0v) is 9.96. The summed E-state index contributed by atoms with van der Waals surface area (Å²) in [5, 5.41) is 0.735. The van der Waals surface area contributed by atoms with Crippen LogP contribution in [0.4, 0.5) is 0 Å². The minimum Gasteiger partial charge on any atom is -0.326 e. The minimum atomic E-state index is 0.471. The van der Waals surface area contributed by atoms with Crippen molar-refractivity contribution in [2.45, 2.75) is 13.5 Å². The zero-order valence-electron chi connectivity index (χ0n) is 9.20. The third kappa shape index (κ3) is 2.26. The van der Waals surface area contributed by atoms with Crippen molar-refractivity contribution in [2.75, 3.05) is 0 Å². The summed E-state index contributed by atoms with van der Waals surface area (Å²) in [6.45, 7) is 2.55. The molecule has 0 unspecified atom stereocenters. The van der Waals surface area contributed by atoms with Gasteiger partial charge in [0.15, 0.2) is 0 Å². The highest BCUT2D eigenvalue weighted by Crippen LogP contribution is 2.25. The smallest absolute Gasteiger partial charge is 0.0451 e. The van der Waals surface area contributed by atoms with E-state index in [1.807, 2.05) is 18.2 Å². The van der Waals surface area contributed by atoms with Gasteiger partial charge in [-0.2, -0.15) is 0 Å². The molecule has 2 aromatic rings. The van der Waals surface area contributed by atoms with E-state index in [1.165, 1.54) is 11.1 Å². The molecule has 2 heteroatoms. The lowest BCUT2D eigenvalue weighted by Gasteiger charge is -2.06. The maximum atomic E-state index is 6.03. The summed E-state index contributed by atoms with van der Waals surface area (Å²) >= 11 is 6.03. The third-order valence-corrected chi connectivity index (χ3v) is 3.02. The van der Waals surface area contributed by atoms with Crippen LogP contribution >= 0.6 is 11.6 Å². The van der Waals surface area contributed by atoms with Gasteiger partial charge < -0.3 is 5.73 Å². The molecule has 0 amide bonds. The van der Waals surface area contributed by atoms with Gasteiger partial charge >= 0.3 is 0 Å². The van der Waals surface area contributed by atoms with Gasteiger partial charge in [-0.1, -0.05) is 47.5 Å². The van der Waals surface area contributed by atoms with Crippen LogP contribution in [0.3, 0.4) is 0 Å². The second-order valence-corrected chi connectivity index (χ2v) is 4.28. The molecule has 16 heavy (non-hydrogen) atoms. The van der Waals surface area contributed by atoms with Gasteiger partial charge in [0.05, 0.1) is 0 Å². The van der Waals surface area contributed by atoms with E-state index in [0.29, 0.717) is 6.54 Å². The van der Waals surface area contributed by atoms with Crippen molar-refractivity contribution in [1.29, 1.82) is 0 Å². The van der Waals surface area contributed by atoms with Crippen LogP contribution in [-0.4, -0.2) is 0 Å². The quantitative estimate of drug-likeness (QED) is 0.837. The molecule has 0 atom stereocenters. The number of rotatable bonds is 2. The summed E-state index contributed by atoms with van der Waals surface area (Å²) in [7, 11) is 0. The van der Waals surface area contributed by atoms with Crippen LogP contribution in [0.5, 0.6) is 0 Å². The zero-order chi connectivity index (χ0) is 11.5. The molecule has 2 N–H and O–H groups in total. The molecular weight excluding hydrogens is 218 g/mol. The van der Waals surface area contributed by atoms with Crippen molar-refractivity contribution >= 4 is 11.6 Å². The fourth-order valence-corrected chi connectivity index (χ4v) is 1.85. The first-order valence-electron chi connectivity index (χ1n) is 5.26. The third-order valence-electron chi connectivity index (χ3n) is 2.65. The molecule has 0 saturated carbocycles. The van der Waals surface area contributed by atoms with Gasteiger partial charge in [0.2, 0.25) is 0 Å². The first kappa shape index (κ1) is 11.2. The number of benzene rings is 2. The van der Waals surface area contributed by atoms with E-state index in [1.54, 1.807) is 0 Å². The van der Waals surface area contributed by atoms with Gasteiger partial charge in [0, 0.05) is 11.6 Å². The summed E-state index contributed by atoms with van der Waals surface area (Å²) in [6.07, 6.45) is 0. The molecular formula is C14H14ClN. The molecule has 0 aliphatic carbocycles. The minimum absolute atomic E-state index is 0.471. The van der Waals surface area contributed by atoms with Gasteiger partial charge in [-0.3, -0.25) is 0 Å². The van der Waals surface area contributed by atoms with E-state index in [0.717, 1.165) is 16.1 Å². The summed E-state index contributed by atoms with van der Waals surface area (Å²) < 4.78 is 0. The van der Waals surface area contributed by atoms with Gasteiger partial charge in [0.25, 0.3) is 0 Å². The van der Waals surface area contributed by atoms with E-state index in [4.69, 9.17) is 17.3 Å². The van der Waals surface area contributed by atoms with Crippen molar-refractivity contribution in [3.8, 4) is 11.1 Å². The van der Waals surface area contributed by atoms with Gasteiger partial charge in [0.1, 0.15) is 0 Å². The predicted molar refractivity (Wildman–Crippen MR) is 69.5 cm³/mol. The van der Waals surface area contributed by atoms with Crippen LogP contribution in [-0.2, 0) is 6.54 Å². The first-order chi connectivity index (χ1) is 7.70. The van der Waals surface area contributed by atoms with Crippen LogP contribution in [0, 0.1) is 6.92 Å². The Labute approximate surface area is 101 Å². The lowest BCUT2D eigenvalue weighted by Crippen LogP contribution is -1.97. The normalized spacial score (nSPS) is 10.4. The lowest BCUT2D eigenvalue weighted by atomic mass is 10.0. The summed E-state index contributed by atoms with van der Waals surface area (Å²) in [4.78, 5) is 0. The Morgan fingerprint density at radius 2 is 1.62 bits per heavy atom. The number of aryl methyl sites for hydroxylation is 1. The monoisotopic (exact) mass is 231 g/mol. The fourth-order valence-electron chi connectivity index (χ4n) is 1.66. The standard InChI is InChI=1S/C14H14ClN/c1-10-2-4-11(5-3-10)12-6-7-14(15)13(8-12)9-16/h2-8H,9,16H2,1H3. The molecule has 0 radical (unpaired) electrons. The average Bonchev–Trinajstić information content (AvgIpc) is 2.31. The summed E-state index contributed by atoms with van der Waals surface area (Å²) in [6, 6.07) is 14.4. The van der Waals surface area contributed by atoms with E-state index < -0.39 is 0 Å². The number of halogens is 1. The van der Waals surface area contributed by atoms with Crippen LogP contribution in [0.2, 0.25) is 5.02 Å². The summed E-state index contributed by atoms with van der Waals surface area (Å²) in [5.74, 6) is 0. The van der Waals surface area contributed by atoms with Crippen LogP contribution in [0.1, 0.15) is 11.1 Å². The molecule has 0 saturated heterocycles. The molecule has 82 valence electrons.